The minimum atomic E-state index is -0.659. The van der Waals surface area contributed by atoms with Crippen molar-refractivity contribution < 1.29 is 23.9 Å². The molecule has 3 N–H and O–H groups in total. The third kappa shape index (κ3) is 26.6. The van der Waals surface area contributed by atoms with Crippen molar-refractivity contribution >= 4 is 39.3 Å². The molecule has 8 nitrogen and oxygen atoms in total. The maximum Gasteiger partial charge on any atom is 0.249 e. The van der Waals surface area contributed by atoms with Crippen molar-refractivity contribution in [1.29, 1.82) is 0 Å². The van der Waals surface area contributed by atoms with Crippen molar-refractivity contribution in [2.45, 2.75) is 84.7 Å². The number of unbranched alkanes of at least 4 members (excludes halogenated alkanes) is 1. The van der Waals surface area contributed by atoms with Crippen LogP contribution >= 0.6 is 21.6 Å². The van der Waals surface area contributed by atoms with Crippen molar-refractivity contribution in [3.8, 4) is 0 Å². The first-order chi connectivity index (χ1) is 21.8. The van der Waals surface area contributed by atoms with Gasteiger partial charge >= 0.3 is 0 Å². The lowest BCUT2D eigenvalue weighted by Crippen LogP contribution is -2.47. The van der Waals surface area contributed by atoms with Gasteiger partial charge in [0.05, 0.1) is 6.61 Å². The Bertz CT molecular complexity index is 932. The molecule has 0 heterocycles. The molecule has 0 saturated heterocycles. The highest BCUT2D eigenvalue weighted by atomic mass is 33.1. The Morgan fingerprint density at radius 3 is 1.67 bits per heavy atom. The molecule has 0 saturated carbocycles. The summed E-state index contributed by atoms with van der Waals surface area (Å²) in [4.78, 5) is 36.5. The average Bonchev–Trinajstić information content (AvgIpc) is 3.00. The Hall–Kier alpha value is -2.27. The van der Waals surface area contributed by atoms with Crippen molar-refractivity contribution in [3.05, 3.63) is 60.8 Å². The standard InChI is InChI=1S/C35H59N3O5S2/c1-6-7-8-9-10-11-12-13-14-15-16-17-18-19-20-21-22-23-31(39)36-26-28-44-45-29-27-37-32(40)24-25-38-34(41)33(43-5)35(2,3)30-42-4/h7-8,10-11,13-14,16-17,19-20,33H,6,9,12,15,18,21-30H2,1-5H3,(H,36,39)(H,37,40)(H,38,41)/b8-7-,11-10-,14-13-,17-16-,20-19-. The molecule has 0 rings (SSSR count). The first-order valence-corrected chi connectivity index (χ1v) is 18.6. The van der Waals surface area contributed by atoms with Crippen LogP contribution in [0.3, 0.4) is 0 Å². The molecule has 0 aromatic heterocycles. The van der Waals surface area contributed by atoms with Gasteiger partial charge in [0.15, 0.2) is 0 Å². The zero-order chi connectivity index (χ0) is 33.4. The molecule has 0 aliphatic heterocycles. The maximum atomic E-state index is 12.4. The van der Waals surface area contributed by atoms with E-state index in [4.69, 9.17) is 9.47 Å². The molecule has 0 radical (unpaired) electrons. The topological polar surface area (TPSA) is 106 Å². The molecule has 0 aliphatic rings. The summed E-state index contributed by atoms with van der Waals surface area (Å²) in [6, 6.07) is 0. The van der Waals surface area contributed by atoms with Gasteiger partial charge in [-0.2, -0.15) is 0 Å². The van der Waals surface area contributed by atoms with Gasteiger partial charge < -0.3 is 25.4 Å². The molecule has 0 spiro atoms. The fourth-order valence-corrected chi connectivity index (χ4v) is 5.94. The van der Waals surface area contributed by atoms with Gasteiger partial charge in [-0.3, -0.25) is 14.4 Å². The number of nitrogens with one attached hydrogen (secondary N) is 3. The fraction of sp³-hybridized carbons (Fsp3) is 0.629. The first kappa shape index (κ1) is 42.7. The molecule has 45 heavy (non-hydrogen) atoms. The van der Waals surface area contributed by atoms with Crippen molar-refractivity contribution in [2.24, 2.45) is 5.41 Å². The summed E-state index contributed by atoms with van der Waals surface area (Å²) in [6.07, 6.45) is 28.7. The highest BCUT2D eigenvalue weighted by Crippen LogP contribution is 2.23. The predicted molar refractivity (Wildman–Crippen MR) is 193 cm³/mol. The third-order valence-electron chi connectivity index (χ3n) is 6.38. The number of carbonyl (C=O) groups is 3. The van der Waals surface area contributed by atoms with Crippen LogP contribution in [0.15, 0.2) is 60.8 Å². The van der Waals surface area contributed by atoms with E-state index >= 15 is 0 Å². The van der Waals surface area contributed by atoms with Crippen molar-refractivity contribution in [2.75, 3.05) is 52.0 Å². The summed E-state index contributed by atoms with van der Waals surface area (Å²) in [5.41, 5.74) is -0.481. The lowest BCUT2D eigenvalue weighted by atomic mass is 9.86. The van der Waals surface area contributed by atoms with Gasteiger partial charge in [0, 0.05) is 63.6 Å². The Morgan fingerprint density at radius 2 is 1.18 bits per heavy atom. The summed E-state index contributed by atoms with van der Waals surface area (Å²) in [5.74, 6) is 1.30. The Morgan fingerprint density at radius 1 is 0.689 bits per heavy atom. The average molecular weight is 666 g/mol. The SMILES string of the molecule is CC/C=C\C/C=C\C/C=C\C/C=C\C/C=C\CCCC(=O)NCCSSCCNC(=O)CCNC(=O)C(OC)C(C)(C)COC. The van der Waals surface area contributed by atoms with Crippen LogP contribution in [0.25, 0.3) is 0 Å². The van der Waals surface area contributed by atoms with Crippen LogP contribution in [0.5, 0.6) is 0 Å². The minimum Gasteiger partial charge on any atom is -0.384 e. The molecule has 0 bridgehead atoms. The molecule has 256 valence electrons. The van der Waals surface area contributed by atoms with Crippen LogP contribution in [0.1, 0.15) is 78.6 Å². The largest absolute Gasteiger partial charge is 0.384 e. The second kappa shape index (κ2) is 30.4. The molecule has 1 atom stereocenters. The molecular weight excluding hydrogens is 607 g/mol. The number of hydrogen-bond acceptors (Lipinski definition) is 7. The monoisotopic (exact) mass is 665 g/mol. The van der Waals surface area contributed by atoms with E-state index < -0.39 is 11.5 Å². The normalized spacial score (nSPS) is 13.1. The minimum absolute atomic E-state index is 0.0892. The van der Waals surface area contributed by atoms with Crippen LogP contribution in [0, 0.1) is 5.41 Å². The summed E-state index contributed by atoms with van der Waals surface area (Å²) < 4.78 is 10.5. The molecule has 1 unspecified atom stereocenters. The van der Waals surface area contributed by atoms with E-state index in [1.807, 2.05) is 13.8 Å². The molecule has 3 amide bonds. The van der Waals surface area contributed by atoms with Gasteiger partial charge in [-0.25, -0.2) is 0 Å². The summed E-state index contributed by atoms with van der Waals surface area (Å²) in [7, 11) is 6.41. The van der Waals surface area contributed by atoms with Crippen LogP contribution < -0.4 is 16.0 Å². The Balaban J connectivity index is 3.67. The lowest BCUT2D eigenvalue weighted by Gasteiger charge is -2.31. The zero-order valence-corrected chi connectivity index (χ0v) is 29.9. The van der Waals surface area contributed by atoms with Crippen LogP contribution in [0.4, 0.5) is 0 Å². The molecule has 0 aliphatic carbocycles. The van der Waals surface area contributed by atoms with E-state index in [9.17, 15) is 14.4 Å². The van der Waals surface area contributed by atoms with Gasteiger partial charge in [-0.05, 0) is 44.9 Å². The predicted octanol–water partition coefficient (Wildman–Crippen LogP) is 6.72. The van der Waals surface area contributed by atoms with Crippen molar-refractivity contribution in [3.63, 3.8) is 0 Å². The molecule has 0 aromatic rings. The second-order valence-corrected chi connectivity index (χ2v) is 13.7. The number of ether oxygens (including phenoxy) is 2. The van der Waals surface area contributed by atoms with Crippen molar-refractivity contribution in [1.82, 2.24) is 16.0 Å². The quantitative estimate of drug-likeness (QED) is 0.0484. The first-order valence-electron chi connectivity index (χ1n) is 16.1. The van der Waals surface area contributed by atoms with E-state index in [2.05, 4.69) is 83.6 Å². The number of rotatable bonds is 28. The zero-order valence-electron chi connectivity index (χ0n) is 28.3. The van der Waals surface area contributed by atoms with E-state index in [1.165, 1.54) is 7.11 Å². The molecule has 0 fully saturated rings. The number of allylic oxidation sites excluding steroid dienone is 10. The highest BCUT2D eigenvalue weighted by Gasteiger charge is 2.35. The van der Waals surface area contributed by atoms with Gasteiger partial charge in [-0.15, -0.1) is 0 Å². The number of amides is 3. The number of methoxy groups -OCH3 is 2. The summed E-state index contributed by atoms with van der Waals surface area (Å²) in [6.45, 7) is 7.76. The Kier molecular flexibility index (Phi) is 28.9. The Labute approximate surface area is 281 Å². The van der Waals surface area contributed by atoms with E-state index in [0.29, 0.717) is 26.1 Å². The third-order valence-corrected chi connectivity index (χ3v) is 8.79. The summed E-state index contributed by atoms with van der Waals surface area (Å²) in [5, 5.41) is 8.60. The van der Waals surface area contributed by atoms with Gasteiger partial charge in [0.2, 0.25) is 17.7 Å². The number of carbonyl (C=O) groups excluding carboxylic acids is 3. The summed E-state index contributed by atoms with van der Waals surface area (Å²) >= 11 is 0. The fourth-order valence-electron chi connectivity index (χ4n) is 4.13. The van der Waals surface area contributed by atoms with Crippen LogP contribution in [-0.2, 0) is 23.9 Å². The second-order valence-electron chi connectivity index (χ2n) is 11.0. The van der Waals surface area contributed by atoms with E-state index in [0.717, 1.165) is 56.5 Å². The van der Waals surface area contributed by atoms with Gasteiger partial charge in [0.1, 0.15) is 6.10 Å². The molecular formula is C35H59N3O5S2. The molecule has 10 heteroatoms. The number of hydrogen-bond donors (Lipinski definition) is 3. The van der Waals surface area contributed by atoms with E-state index in [1.54, 1.807) is 28.7 Å². The van der Waals surface area contributed by atoms with Gasteiger partial charge in [-0.1, -0.05) is 103 Å². The van der Waals surface area contributed by atoms with Gasteiger partial charge in [0.25, 0.3) is 0 Å². The smallest absolute Gasteiger partial charge is 0.249 e. The van der Waals surface area contributed by atoms with E-state index in [-0.39, 0.29) is 30.7 Å². The maximum absolute atomic E-state index is 12.4. The highest BCUT2D eigenvalue weighted by molar-refractivity contribution is 8.76. The van der Waals surface area contributed by atoms with Crippen LogP contribution in [-0.4, -0.2) is 75.8 Å². The molecule has 0 aromatic carbocycles. The van der Waals surface area contributed by atoms with Crippen LogP contribution in [0.2, 0.25) is 0 Å². The lowest BCUT2D eigenvalue weighted by molar-refractivity contribution is -0.140.